The third-order valence-corrected chi connectivity index (χ3v) is 5.50. The molecule has 0 spiro atoms. The number of fused-ring (bicyclic) bond motifs is 1. The molecule has 1 atom stereocenters. The number of carbonyl (C=O) groups excluding carboxylic acids is 2. The monoisotopic (exact) mass is 375 g/mol. The van der Waals surface area contributed by atoms with Crippen LogP contribution in [0.2, 0.25) is 0 Å². The van der Waals surface area contributed by atoms with Crippen molar-refractivity contribution in [1.82, 2.24) is 0 Å². The Morgan fingerprint density at radius 1 is 1.07 bits per heavy atom. The molecule has 2 aromatic carbocycles. The van der Waals surface area contributed by atoms with Gasteiger partial charge < -0.3 is 10.2 Å². The normalized spacial score (nSPS) is 18.8. The second kappa shape index (κ2) is 7.15. The molecule has 1 amide bonds. The molecule has 5 nitrogen and oxygen atoms in total. The van der Waals surface area contributed by atoms with Crippen molar-refractivity contribution in [3.63, 3.8) is 0 Å². The van der Waals surface area contributed by atoms with Gasteiger partial charge >= 0.3 is 0 Å². The van der Waals surface area contributed by atoms with Gasteiger partial charge in [-0.25, -0.2) is 0 Å². The van der Waals surface area contributed by atoms with Crippen LogP contribution in [0.25, 0.3) is 0 Å². The zero-order valence-corrected chi connectivity index (χ0v) is 16.5. The molecular formula is C23H25N3O2. The van der Waals surface area contributed by atoms with Crippen molar-refractivity contribution < 1.29 is 9.59 Å². The number of rotatable bonds is 2. The molecule has 0 fully saturated rings. The summed E-state index contributed by atoms with van der Waals surface area (Å²) in [5, 5.41) is 3.46. The molecule has 0 aromatic heterocycles. The summed E-state index contributed by atoms with van der Waals surface area (Å²) >= 11 is 0. The fourth-order valence-electron chi connectivity index (χ4n) is 4.15. The van der Waals surface area contributed by atoms with E-state index in [1.54, 1.807) is 11.8 Å². The number of nitrogens with zero attached hydrogens (tertiary/aromatic N) is 2. The Morgan fingerprint density at radius 3 is 2.46 bits per heavy atom. The third-order valence-electron chi connectivity index (χ3n) is 5.50. The predicted octanol–water partition coefficient (Wildman–Crippen LogP) is 4.28. The highest BCUT2D eigenvalue weighted by Gasteiger charge is 2.38. The van der Waals surface area contributed by atoms with E-state index in [2.05, 4.69) is 5.32 Å². The lowest BCUT2D eigenvalue weighted by Crippen LogP contribution is -2.36. The van der Waals surface area contributed by atoms with Gasteiger partial charge in [0.2, 0.25) is 5.91 Å². The number of benzene rings is 2. The average Bonchev–Trinajstić information content (AvgIpc) is 2.83. The summed E-state index contributed by atoms with van der Waals surface area (Å²) in [5.74, 6) is 0.0394. The van der Waals surface area contributed by atoms with Crippen molar-refractivity contribution in [2.24, 2.45) is 0 Å². The van der Waals surface area contributed by atoms with Gasteiger partial charge in [-0.05, 0) is 42.7 Å². The van der Waals surface area contributed by atoms with Gasteiger partial charge in [0.15, 0.2) is 5.78 Å². The van der Waals surface area contributed by atoms with Crippen molar-refractivity contribution in [3.8, 4) is 0 Å². The lowest BCUT2D eigenvalue weighted by atomic mass is 9.85. The summed E-state index contributed by atoms with van der Waals surface area (Å²) in [5.41, 5.74) is 5.35. The summed E-state index contributed by atoms with van der Waals surface area (Å²) in [7, 11) is 3.99. The van der Waals surface area contributed by atoms with E-state index in [0.717, 1.165) is 46.7 Å². The minimum absolute atomic E-state index is 0.0805. The average molecular weight is 375 g/mol. The van der Waals surface area contributed by atoms with Crippen molar-refractivity contribution in [1.29, 1.82) is 0 Å². The maximum Gasteiger partial charge on any atom is 0.224 e. The van der Waals surface area contributed by atoms with E-state index in [1.165, 1.54) is 0 Å². The van der Waals surface area contributed by atoms with E-state index in [1.807, 2.05) is 67.5 Å². The van der Waals surface area contributed by atoms with Gasteiger partial charge in [0, 0.05) is 44.4 Å². The molecule has 0 bridgehead atoms. The summed E-state index contributed by atoms with van der Waals surface area (Å²) in [6.45, 7) is 1.57. The van der Waals surface area contributed by atoms with Crippen LogP contribution in [0, 0.1) is 0 Å². The Kier molecular flexibility index (Phi) is 4.67. The highest BCUT2D eigenvalue weighted by molar-refractivity contribution is 6.05. The molecule has 144 valence electrons. The lowest BCUT2D eigenvalue weighted by molar-refractivity contribution is -0.117. The Hall–Kier alpha value is -3.08. The first kappa shape index (κ1) is 18.3. The molecular weight excluding hydrogens is 350 g/mol. The molecule has 0 radical (unpaired) electrons. The quantitative estimate of drug-likeness (QED) is 0.851. The smallest absolute Gasteiger partial charge is 0.224 e. The van der Waals surface area contributed by atoms with Gasteiger partial charge in [-0.1, -0.05) is 24.3 Å². The molecule has 2 aliphatic rings. The number of anilines is 3. The molecule has 1 heterocycles. The third kappa shape index (κ3) is 3.07. The number of para-hydroxylation sites is 2. The molecule has 1 aliphatic carbocycles. The van der Waals surface area contributed by atoms with Crippen molar-refractivity contribution in [3.05, 3.63) is 65.4 Å². The molecule has 28 heavy (non-hydrogen) atoms. The number of hydrogen-bond acceptors (Lipinski definition) is 4. The largest absolute Gasteiger partial charge is 0.378 e. The van der Waals surface area contributed by atoms with Crippen LogP contribution in [0.15, 0.2) is 59.8 Å². The summed E-state index contributed by atoms with van der Waals surface area (Å²) in [4.78, 5) is 29.6. The maximum atomic E-state index is 13.0. The minimum Gasteiger partial charge on any atom is -0.378 e. The molecule has 0 saturated heterocycles. The van der Waals surface area contributed by atoms with Crippen molar-refractivity contribution in [2.75, 3.05) is 29.2 Å². The first-order valence-corrected chi connectivity index (χ1v) is 9.66. The van der Waals surface area contributed by atoms with Gasteiger partial charge in [-0.2, -0.15) is 0 Å². The number of amides is 1. The summed E-state index contributed by atoms with van der Waals surface area (Å²) in [6.07, 6.45) is 2.17. The summed E-state index contributed by atoms with van der Waals surface area (Å²) in [6, 6.07) is 15.5. The van der Waals surface area contributed by atoms with Crippen LogP contribution in [-0.4, -0.2) is 25.8 Å². The number of nitrogens with one attached hydrogen (secondary N) is 1. The second-order valence-corrected chi connectivity index (χ2v) is 7.59. The molecule has 0 saturated carbocycles. The highest BCUT2D eigenvalue weighted by Crippen LogP contribution is 2.44. The van der Waals surface area contributed by atoms with Gasteiger partial charge in [-0.3, -0.25) is 14.5 Å². The van der Waals surface area contributed by atoms with Crippen LogP contribution in [0.5, 0.6) is 0 Å². The molecule has 5 heteroatoms. The Morgan fingerprint density at radius 2 is 1.79 bits per heavy atom. The highest BCUT2D eigenvalue weighted by atomic mass is 16.2. The lowest BCUT2D eigenvalue weighted by Gasteiger charge is -2.33. The van der Waals surface area contributed by atoms with Gasteiger partial charge in [-0.15, -0.1) is 0 Å². The summed E-state index contributed by atoms with van der Waals surface area (Å²) < 4.78 is 0. The zero-order valence-electron chi connectivity index (χ0n) is 16.5. The Balaban J connectivity index is 1.94. The molecule has 1 aliphatic heterocycles. The second-order valence-electron chi connectivity index (χ2n) is 7.59. The minimum atomic E-state index is -0.423. The predicted molar refractivity (Wildman–Crippen MR) is 113 cm³/mol. The van der Waals surface area contributed by atoms with Crippen LogP contribution in [0.1, 0.15) is 37.8 Å². The fraction of sp³-hybridized carbons (Fsp3) is 0.304. The SMILES string of the molecule is CC(=O)N1c2ccccc2NC2=C(C(=O)CCC2)[C@@H]1c1ccc(N(C)C)cc1. The van der Waals surface area contributed by atoms with Crippen LogP contribution < -0.4 is 15.1 Å². The van der Waals surface area contributed by atoms with E-state index in [4.69, 9.17) is 0 Å². The van der Waals surface area contributed by atoms with E-state index in [9.17, 15) is 9.59 Å². The first-order chi connectivity index (χ1) is 13.5. The number of ketones is 1. The topological polar surface area (TPSA) is 52.7 Å². The first-order valence-electron chi connectivity index (χ1n) is 9.66. The van der Waals surface area contributed by atoms with Crippen molar-refractivity contribution >= 4 is 28.8 Å². The van der Waals surface area contributed by atoms with Crippen LogP contribution in [-0.2, 0) is 9.59 Å². The van der Waals surface area contributed by atoms with Gasteiger partial charge in [0.1, 0.15) is 0 Å². The fourth-order valence-corrected chi connectivity index (χ4v) is 4.15. The van der Waals surface area contributed by atoms with E-state index in [-0.39, 0.29) is 11.7 Å². The Labute approximate surface area is 165 Å². The molecule has 4 rings (SSSR count). The number of hydrogen-bond donors (Lipinski definition) is 1. The van der Waals surface area contributed by atoms with Gasteiger partial charge in [0.25, 0.3) is 0 Å². The van der Waals surface area contributed by atoms with E-state index < -0.39 is 6.04 Å². The van der Waals surface area contributed by atoms with Crippen LogP contribution in [0.4, 0.5) is 17.1 Å². The number of Topliss-reactive ketones (excluding diaryl/α,β-unsaturated/α-hetero) is 1. The maximum absolute atomic E-state index is 13.0. The zero-order chi connectivity index (χ0) is 19.8. The number of carbonyl (C=O) groups is 2. The van der Waals surface area contributed by atoms with Crippen molar-refractivity contribution in [2.45, 2.75) is 32.2 Å². The number of allylic oxidation sites excluding steroid dienone is 1. The van der Waals surface area contributed by atoms with E-state index >= 15 is 0 Å². The molecule has 1 N–H and O–H groups in total. The molecule has 2 aromatic rings. The van der Waals surface area contributed by atoms with Crippen LogP contribution in [0.3, 0.4) is 0 Å². The van der Waals surface area contributed by atoms with Crippen LogP contribution >= 0.6 is 0 Å². The molecule has 0 unspecified atom stereocenters. The Bertz CT molecular complexity index is 960. The standard InChI is InChI=1S/C23H25N3O2/c1-15(27)26-20-9-5-4-7-18(20)24-19-8-6-10-21(28)22(19)23(26)16-11-13-17(14-12-16)25(2)3/h4-5,7,9,11-14,23-24H,6,8,10H2,1-3H3/t23-/m0/s1. The van der Waals surface area contributed by atoms with E-state index in [0.29, 0.717) is 6.42 Å². The van der Waals surface area contributed by atoms with Gasteiger partial charge in [0.05, 0.1) is 17.4 Å².